The lowest BCUT2D eigenvalue weighted by Gasteiger charge is -2.38. The second-order valence-corrected chi connectivity index (χ2v) is 6.74. The average molecular weight is 371 g/mol. The molecule has 0 saturated heterocycles. The van der Waals surface area contributed by atoms with Gasteiger partial charge in [0.25, 0.3) is 5.91 Å². The lowest BCUT2D eigenvalue weighted by Crippen LogP contribution is -2.51. The molecular formula is C19H21N3O5. The number of hydrogen-bond acceptors (Lipinski definition) is 6. The number of benzene rings is 1. The van der Waals surface area contributed by atoms with Crippen LogP contribution in [0.5, 0.6) is 0 Å². The van der Waals surface area contributed by atoms with E-state index in [0.29, 0.717) is 23.9 Å². The van der Waals surface area contributed by atoms with E-state index in [2.05, 4.69) is 6.07 Å². The summed E-state index contributed by atoms with van der Waals surface area (Å²) in [5.74, 6) is -1.82. The van der Waals surface area contributed by atoms with E-state index in [4.69, 9.17) is 9.15 Å². The van der Waals surface area contributed by atoms with Crippen LogP contribution in [0.1, 0.15) is 32.1 Å². The Balaban J connectivity index is 1.61. The molecule has 1 heterocycles. The van der Waals surface area contributed by atoms with E-state index in [9.17, 15) is 19.6 Å². The molecule has 0 spiro atoms. The Morgan fingerprint density at radius 3 is 2.70 bits per heavy atom. The van der Waals surface area contributed by atoms with E-state index in [1.165, 1.54) is 4.90 Å². The Morgan fingerprint density at radius 1 is 1.30 bits per heavy atom. The van der Waals surface area contributed by atoms with Crippen LogP contribution in [0.4, 0.5) is 0 Å². The van der Waals surface area contributed by atoms with E-state index < -0.39 is 29.8 Å². The molecule has 0 aliphatic heterocycles. The van der Waals surface area contributed by atoms with Crippen LogP contribution >= 0.6 is 0 Å². The average Bonchev–Trinajstić information content (AvgIpc) is 3.01. The monoisotopic (exact) mass is 371 g/mol. The fourth-order valence-corrected chi connectivity index (χ4v) is 3.48. The van der Waals surface area contributed by atoms with Crippen LogP contribution in [0, 0.1) is 11.3 Å². The lowest BCUT2D eigenvalue weighted by atomic mass is 9.81. The number of fused-ring (bicyclic) bond motifs is 1. The van der Waals surface area contributed by atoms with Gasteiger partial charge in [0.05, 0.1) is 11.6 Å². The molecule has 2 aromatic rings. The summed E-state index contributed by atoms with van der Waals surface area (Å²) < 4.78 is 11.3. The number of likely N-dealkylation sites (N-methyl/N-ethyl adjacent to an activating group) is 1. The molecule has 0 unspecified atom stereocenters. The van der Waals surface area contributed by atoms with Crippen LogP contribution in [-0.4, -0.2) is 40.5 Å². The molecule has 0 bridgehead atoms. The van der Waals surface area contributed by atoms with Crippen molar-refractivity contribution in [2.24, 2.45) is 0 Å². The number of ether oxygens (including phenoxy) is 1. The molecule has 142 valence electrons. The summed E-state index contributed by atoms with van der Waals surface area (Å²) in [6, 6.07) is 8.99. The molecule has 0 atom stereocenters. The van der Waals surface area contributed by atoms with Gasteiger partial charge in [-0.15, -0.1) is 0 Å². The molecule has 3 rings (SSSR count). The van der Waals surface area contributed by atoms with Gasteiger partial charge >= 0.3 is 11.7 Å². The molecule has 1 aromatic carbocycles. The van der Waals surface area contributed by atoms with Crippen LogP contribution in [0.3, 0.4) is 0 Å². The largest absolute Gasteiger partial charge is 0.454 e. The van der Waals surface area contributed by atoms with Crippen molar-refractivity contribution in [1.29, 1.82) is 5.26 Å². The molecule has 1 aliphatic carbocycles. The number of esters is 1. The third-order valence-electron chi connectivity index (χ3n) is 5.12. The third kappa shape index (κ3) is 3.72. The first-order valence-electron chi connectivity index (χ1n) is 8.89. The summed E-state index contributed by atoms with van der Waals surface area (Å²) >= 11 is 0. The van der Waals surface area contributed by atoms with Gasteiger partial charge in [0.2, 0.25) is 0 Å². The zero-order chi connectivity index (χ0) is 19.4. The minimum absolute atomic E-state index is 0.351. The van der Waals surface area contributed by atoms with Gasteiger partial charge in [-0.1, -0.05) is 31.4 Å². The number of oxazole rings is 1. The molecule has 1 fully saturated rings. The molecule has 0 radical (unpaired) electrons. The molecule has 1 aliphatic rings. The number of carbonyl (C=O) groups is 2. The summed E-state index contributed by atoms with van der Waals surface area (Å²) in [5.41, 5.74) is 0.0207. The first kappa shape index (κ1) is 18.7. The highest BCUT2D eigenvalue weighted by molar-refractivity contribution is 5.82. The summed E-state index contributed by atoms with van der Waals surface area (Å²) in [6.45, 7) is -0.820. The second-order valence-electron chi connectivity index (χ2n) is 6.74. The molecule has 0 N–H and O–H groups in total. The van der Waals surface area contributed by atoms with Gasteiger partial charge in [0, 0.05) is 7.05 Å². The van der Waals surface area contributed by atoms with Crippen LogP contribution in [-0.2, 0) is 20.9 Å². The van der Waals surface area contributed by atoms with Gasteiger partial charge in [-0.25, -0.2) is 4.79 Å². The van der Waals surface area contributed by atoms with Gasteiger partial charge in [-0.05, 0) is 25.0 Å². The molecule has 27 heavy (non-hydrogen) atoms. The van der Waals surface area contributed by atoms with E-state index in [0.717, 1.165) is 23.8 Å². The number of aromatic nitrogens is 1. The number of hydrogen-bond donors (Lipinski definition) is 0. The first-order chi connectivity index (χ1) is 13.0. The third-order valence-corrected chi connectivity index (χ3v) is 5.12. The van der Waals surface area contributed by atoms with Crippen molar-refractivity contribution >= 4 is 23.0 Å². The number of rotatable bonds is 5. The summed E-state index contributed by atoms with van der Waals surface area (Å²) in [7, 11) is 1.57. The number of para-hydroxylation sites is 2. The van der Waals surface area contributed by atoms with E-state index in [1.54, 1.807) is 31.3 Å². The van der Waals surface area contributed by atoms with Crippen LogP contribution in [0.2, 0.25) is 0 Å². The number of nitrogens with zero attached hydrogens (tertiary/aromatic N) is 3. The van der Waals surface area contributed by atoms with Gasteiger partial charge in [-0.3, -0.25) is 14.2 Å². The summed E-state index contributed by atoms with van der Waals surface area (Å²) in [4.78, 5) is 37.8. The molecule has 8 heteroatoms. The van der Waals surface area contributed by atoms with Crippen molar-refractivity contribution in [3.05, 3.63) is 34.8 Å². The quantitative estimate of drug-likeness (QED) is 0.742. The van der Waals surface area contributed by atoms with E-state index in [1.807, 2.05) is 0 Å². The van der Waals surface area contributed by atoms with Gasteiger partial charge in [-0.2, -0.15) is 5.26 Å². The van der Waals surface area contributed by atoms with Crippen molar-refractivity contribution < 1.29 is 18.7 Å². The van der Waals surface area contributed by atoms with Gasteiger partial charge < -0.3 is 14.1 Å². The van der Waals surface area contributed by atoms with E-state index >= 15 is 0 Å². The maximum absolute atomic E-state index is 12.4. The predicted octanol–water partition coefficient (Wildman–Crippen LogP) is 1.82. The Bertz CT molecular complexity index is 946. The number of amides is 1. The molecule has 8 nitrogen and oxygen atoms in total. The van der Waals surface area contributed by atoms with Gasteiger partial charge in [0.1, 0.15) is 12.1 Å². The predicted molar refractivity (Wildman–Crippen MR) is 95.6 cm³/mol. The number of nitriles is 1. The van der Waals surface area contributed by atoms with Crippen molar-refractivity contribution in [2.75, 3.05) is 13.7 Å². The molecular weight excluding hydrogens is 350 g/mol. The maximum Gasteiger partial charge on any atom is 0.420 e. The molecule has 1 amide bonds. The minimum Gasteiger partial charge on any atom is -0.454 e. The Labute approximate surface area is 155 Å². The van der Waals surface area contributed by atoms with Crippen LogP contribution < -0.4 is 5.76 Å². The highest BCUT2D eigenvalue weighted by Gasteiger charge is 2.39. The fourth-order valence-electron chi connectivity index (χ4n) is 3.48. The lowest BCUT2D eigenvalue weighted by molar-refractivity contribution is -0.154. The van der Waals surface area contributed by atoms with Crippen molar-refractivity contribution in [3.8, 4) is 6.07 Å². The Kier molecular flexibility index (Phi) is 5.31. The topological polar surface area (TPSA) is 106 Å². The molecule has 1 aromatic heterocycles. The maximum atomic E-state index is 12.4. The minimum atomic E-state index is -0.834. The van der Waals surface area contributed by atoms with Crippen LogP contribution in [0.25, 0.3) is 11.1 Å². The van der Waals surface area contributed by atoms with Crippen molar-refractivity contribution in [3.63, 3.8) is 0 Å². The second kappa shape index (κ2) is 7.66. The SMILES string of the molecule is CN(C(=O)COC(=O)Cn1c(=O)oc2ccccc21)C1(C#N)CCCCC1. The van der Waals surface area contributed by atoms with Crippen molar-refractivity contribution in [2.45, 2.75) is 44.2 Å². The normalized spacial score (nSPS) is 15.9. The first-order valence-corrected chi connectivity index (χ1v) is 8.89. The zero-order valence-electron chi connectivity index (χ0n) is 15.1. The van der Waals surface area contributed by atoms with Gasteiger partial charge in [0.15, 0.2) is 12.2 Å². The van der Waals surface area contributed by atoms with E-state index in [-0.39, 0.29) is 6.54 Å². The van der Waals surface area contributed by atoms with Crippen LogP contribution in [0.15, 0.2) is 33.5 Å². The number of carbonyl (C=O) groups excluding carboxylic acids is 2. The highest BCUT2D eigenvalue weighted by atomic mass is 16.5. The Morgan fingerprint density at radius 2 is 2.00 bits per heavy atom. The Hall–Kier alpha value is -3.08. The highest BCUT2D eigenvalue weighted by Crippen LogP contribution is 2.32. The molecule has 1 saturated carbocycles. The zero-order valence-corrected chi connectivity index (χ0v) is 15.1. The smallest absolute Gasteiger partial charge is 0.420 e. The summed E-state index contributed by atoms with van der Waals surface area (Å²) in [5, 5.41) is 9.54. The standard InChI is InChI=1S/C19H21N3O5/c1-21(19(13-20)9-5-2-6-10-19)16(23)12-26-17(24)11-22-14-7-3-4-8-15(14)27-18(22)25/h3-4,7-8H,2,5-6,9-12H2,1H3. The summed E-state index contributed by atoms with van der Waals surface area (Å²) in [6.07, 6.45) is 4.07. The van der Waals surface area contributed by atoms with Crippen molar-refractivity contribution in [1.82, 2.24) is 9.47 Å². The fraction of sp³-hybridized carbons (Fsp3) is 0.474.